The van der Waals surface area contributed by atoms with E-state index in [1.54, 1.807) is 6.26 Å². The first-order valence-electron chi connectivity index (χ1n) is 8.26. The van der Waals surface area contributed by atoms with E-state index in [0.717, 1.165) is 51.7 Å². The number of urea groups is 1. The smallest absolute Gasteiger partial charge is 0.315 e. The number of carbonyl (C=O) groups is 1. The predicted molar refractivity (Wildman–Crippen MR) is 84.1 cm³/mol. The van der Waals surface area contributed by atoms with Crippen molar-refractivity contribution in [1.29, 1.82) is 0 Å². The SMILES string of the molecule is O=C(NCc1ccco1)NC[C@H]([C@H]1CCOC1)N1CCOCC1. The molecule has 2 amide bonds. The number of ether oxygens (including phenoxy) is 2. The van der Waals surface area contributed by atoms with E-state index in [1.807, 2.05) is 12.1 Å². The molecular weight excluding hydrogens is 298 g/mol. The summed E-state index contributed by atoms with van der Waals surface area (Å²) in [6, 6.07) is 3.78. The molecular formula is C16H25N3O4. The normalized spacial score (nSPS) is 23.6. The molecule has 1 aromatic heterocycles. The van der Waals surface area contributed by atoms with Crippen LogP contribution < -0.4 is 10.6 Å². The number of morpholine rings is 1. The summed E-state index contributed by atoms with van der Waals surface area (Å²) < 4.78 is 16.2. The number of nitrogens with zero attached hydrogens (tertiary/aromatic N) is 1. The minimum atomic E-state index is -0.168. The maximum Gasteiger partial charge on any atom is 0.315 e. The first kappa shape index (κ1) is 16.3. The van der Waals surface area contributed by atoms with Crippen LogP contribution in [0.25, 0.3) is 0 Å². The Morgan fingerprint density at radius 2 is 2.13 bits per heavy atom. The highest BCUT2D eigenvalue weighted by Gasteiger charge is 2.31. The topological polar surface area (TPSA) is 76.0 Å². The molecule has 1 aromatic rings. The molecule has 0 saturated carbocycles. The van der Waals surface area contributed by atoms with Gasteiger partial charge in [0.25, 0.3) is 0 Å². The molecule has 23 heavy (non-hydrogen) atoms. The van der Waals surface area contributed by atoms with Crippen LogP contribution in [0.15, 0.2) is 22.8 Å². The van der Waals surface area contributed by atoms with Gasteiger partial charge in [0.05, 0.1) is 32.6 Å². The van der Waals surface area contributed by atoms with Crippen LogP contribution in [0, 0.1) is 5.92 Å². The maximum atomic E-state index is 12.0. The van der Waals surface area contributed by atoms with Gasteiger partial charge in [-0.3, -0.25) is 4.90 Å². The first-order valence-corrected chi connectivity index (χ1v) is 8.26. The van der Waals surface area contributed by atoms with Crippen molar-refractivity contribution in [3.8, 4) is 0 Å². The summed E-state index contributed by atoms with van der Waals surface area (Å²) in [4.78, 5) is 14.4. The maximum absolute atomic E-state index is 12.0. The molecule has 2 N–H and O–H groups in total. The van der Waals surface area contributed by atoms with Crippen LogP contribution in [0.2, 0.25) is 0 Å². The van der Waals surface area contributed by atoms with Gasteiger partial charge in [-0.15, -0.1) is 0 Å². The van der Waals surface area contributed by atoms with Crippen LogP contribution in [0.1, 0.15) is 12.2 Å². The Morgan fingerprint density at radius 1 is 1.26 bits per heavy atom. The Labute approximate surface area is 136 Å². The molecule has 7 nitrogen and oxygen atoms in total. The van der Waals surface area contributed by atoms with Gasteiger partial charge in [-0.05, 0) is 18.6 Å². The number of amides is 2. The highest BCUT2D eigenvalue weighted by atomic mass is 16.5. The van der Waals surface area contributed by atoms with Crippen LogP contribution >= 0.6 is 0 Å². The fourth-order valence-corrected chi connectivity index (χ4v) is 3.20. The van der Waals surface area contributed by atoms with Crippen LogP contribution in [-0.4, -0.2) is 63.0 Å². The van der Waals surface area contributed by atoms with Gasteiger partial charge < -0.3 is 24.5 Å². The number of carbonyl (C=O) groups excluding carboxylic acids is 1. The second kappa shape index (κ2) is 8.33. The Balaban J connectivity index is 1.47. The van der Waals surface area contributed by atoms with Crippen molar-refractivity contribution in [2.75, 3.05) is 46.1 Å². The Hall–Kier alpha value is -1.57. The summed E-state index contributed by atoms with van der Waals surface area (Å²) in [6.45, 7) is 5.96. The number of hydrogen-bond donors (Lipinski definition) is 2. The lowest BCUT2D eigenvalue weighted by Gasteiger charge is -2.37. The summed E-state index contributed by atoms with van der Waals surface area (Å²) in [6.07, 6.45) is 2.65. The van der Waals surface area contributed by atoms with E-state index >= 15 is 0 Å². The van der Waals surface area contributed by atoms with E-state index in [2.05, 4.69) is 15.5 Å². The van der Waals surface area contributed by atoms with Gasteiger partial charge in [0, 0.05) is 38.2 Å². The number of rotatable bonds is 6. The quantitative estimate of drug-likeness (QED) is 0.810. The Bertz CT molecular complexity index is 468. The second-order valence-corrected chi connectivity index (χ2v) is 5.98. The van der Waals surface area contributed by atoms with Crippen LogP contribution in [0.5, 0.6) is 0 Å². The Kier molecular flexibility index (Phi) is 5.90. The van der Waals surface area contributed by atoms with Gasteiger partial charge in [-0.25, -0.2) is 4.79 Å². The molecule has 3 rings (SSSR count). The fraction of sp³-hybridized carbons (Fsp3) is 0.688. The third kappa shape index (κ3) is 4.70. The molecule has 128 valence electrons. The average Bonchev–Trinajstić information content (AvgIpc) is 3.28. The molecule has 0 radical (unpaired) electrons. The van der Waals surface area contributed by atoms with E-state index in [-0.39, 0.29) is 6.03 Å². The molecule has 3 heterocycles. The number of hydrogen-bond acceptors (Lipinski definition) is 5. The van der Waals surface area contributed by atoms with Gasteiger partial charge in [0.1, 0.15) is 5.76 Å². The van der Waals surface area contributed by atoms with Crippen molar-refractivity contribution in [3.05, 3.63) is 24.2 Å². The summed E-state index contributed by atoms with van der Waals surface area (Å²) in [5.74, 6) is 1.22. The number of nitrogens with one attached hydrogen (secondary N) is 2. The summed E-state index contributed by atoms with van der Waals surface area (Å²) >= 11 is 0. The highest BCUT2D eigenvalue weighted by molar-refractivity contribution is 5.73. The monoisotopic (exact) mass is 323 g/mol. The van der Waals surface area contributed by atoms with Crippen LogP contribution in [0.3, 0.4) is 0 Å². The highest BCUT2D eigenvalue weighted by Crippen LogP contribution is 2.21. The summed E-state index contributed by atoms with van der Waals surface area (Å²) in [5, 5.41) is 5.81. The largest absolute Gasteiger partial charge is 0.467 e. The van der Waals surface area contributed by atoms with Gasteiger partial charge in [0.15, 0.2) is 0 Å². The zero-order chi connectivity index (χ0) is 15.9. The van der Waals surface area contributed by atoms with Gasteiger partial charge in [0.2, 0.25) is 0 Å². The Morgan fingerprint density at radius 3 is 2.83 bits per heavy atom. The van der Waals surface area contributed by atoms with E-state index in [4.69, 9.17) is 13.9 Å². The lowest BCUT2D eigenvalue weighted by atomic mass is 9.97. The van der Waals surface area contributed by atoms with E-state index in [1.165, 1.54) is 0 Å². The summed E-state index contributed by atoms with van der Waals surface area (Å²) in [7, 11) is 0. The molecule has 2 fully saturated rings. The molecule has 0 aliphatic carbocycles. The first-order chi connectivity index (χ1) is 11.3. The van der Waals surface area contributed by atoms with Crippen molar-refractivity contribution < 1.29 is 18.7 Å². The van der Waals surface area contributed by atoms with Gasteiger partial charge >= 0.3 is 6.03 Å². The third-order valence-electron chi connectivity index (χ3n) is 4.50. The van der Waals surface area contributed by atoms with Crippen molar-refractivity contribution >= 4 is 6.03 Å². The lowest BCUT2D eigenvalue weighted by Crippen LogP contribution is -2.53. The van der Waals surface area contributed by atoms with Crippen molar-refractivity contribution in [2.45, 2.75) is 19.0 Å². The van der Waals surface area contributed by atoms with Gasteiger partial charge in [-0.2, -0.15) is 0 Å². The minimum Gasteiger partial charge on any atom is -0.467 e. The lowest BCUT2D eigenvalue weighted by molar-refractivity contribution is 0.00212. The van der Waals surface area contributed by atoms with Crippen LogP contribution in [-0.2, 0) is 16.0 Å². The predicted octanol–water partition coefficient (Wildman–Crippen LogP) is 0.816. The molecule has 0 unspecified atom stereocenters. The molecule has 7 heteroatoms. The van der Waals surface area contributed by atoms with E-state index < -0.39 is 0 Å². The zero-order valence-corrected chi connectivity index (χ0v) is 13.3. The van der Waals surface area contributed by atoms with Crippen molar-refractivity contribution in [3.63, 3.8) is 0 Å². The molecule has 2 aliphatic heterocycles. The molecule has 0 aromatic carbocycles. The molecule has 2 saturated heterocycles. The van der Waals surface area contributed by atoms with Crippen LogP contribution in [0.4, 0.5) is 4.79 Å². The van der Waals surface area contributed by atoms with Crippen molar-refractivity contribution in [1.82, 2.24) is 15.5 Å². The van der Waals surface area contributed by atoms with E-state index in [9.17, 15) is 4.79 Å². The summed E-state index contributed by atoms with van der Waals surface area (Å²) in [5.41, 5.74) is 0. The molecule has 2 atom stereocenters. The van der Waals surface area contributed by atoms with Crippen molar-refractivity contribution in [2.24, 2.45) is 5.92 Å². The molecule has 2 aliphatic rings. The third-order valence-corrected chi connectivity index (χ3v) is 4.50. The van der Waals surface area contributed by atoms with Gasteiger partial charge in [-0.1, -0.05) is 0 Å². The average molecular weight is 323 g/mol. The molecule has 0 spiro atoms. The fourth-order valence-electron chi connectivity index (χ4n) is 3.20. The molecule has 0 bridgehead atoms. The minimum absolute atomic E-state index is 0.168. The second-order valence-electron chi connectivity index (χ2n) is 5.98. The standard InChI is InChI=1S/C16H25N3O4/c20-16(17-10-14-2-1-6-23-14)18-11-15(13-3-7-22-12-13)19-4-8-21-9-5-19/h1-2,6,13,15H,3-5,7-12H2,(H2,17,18,20)/t13-,15+/m0/s1. The number of furan rings is 1. The zero-order valence-electron chi connectivity index (χ0n) is 13.3. The van der Waals surface area contributed by atoms with E-state index in [0.29, 0.717) is 25.0 Å².